The summed E-state index contributed by atoms with van der Waals surface area (Å²) in [7, 11) is -1.03. The average molecular weight is 175 g/mol. The van der Waals surface area contributed by atoms with Gasteiger partial charge >= 0.3 is 0 Å². The third-order valence-corrected chi connectivity index (χ3v) is 4.96. The molecule has 0 aliphatic rings. The number of nitrogens with two attached hydrogens (primary N) is 1. The zero-order valence-corrected chi connectivity index (χ0v) is 9.50. The summed E-state index contributed by atoms with van der Waals surface area (Å²) in [5.41, 5.74) is 5.58. The first-order chi connectivity index (χ1) is 4.84. The van der Waals surface area contributed by atoms with Crippen molar-refractivity contribution in [1.29, 1.82) is 0 Å². The van der Waals surface area contributed by atoms with E-state index in [9.17, 15) is 0 Å². The molecular weight excluding hydrogens is 154 g/mol. The van der Waals surface area contributed by atoms with Gasteiger partial charge in [0, 0.05) is 12.6 Å². The van der Waals surface area contributed by atoms with Gasteiger partial charge in [-0.2, -0.15) is 0 Å². The summed E-state index contributed by atoms with van der Waals surface area (Å²) in [5.74, 6) is 0. The van der Waals surface area contributed by atoms with Gasteiger partial charge in [-0.15, -0.1) is 0 Å². The van der Waals surface area contributed by atoms with Crippen LogP contribution in [0.5, 0.6) is 0 Å². The van der Waals surface area contributed by atoms with Crippen LogP contribution in [0.3, 0.4) is 0 Å². The van der Waals surface area contributed by atoms with Crippen LogP contribution >= 0.6 is 0 Å². The SMILES string of the molecule is C[C@@H](N)CO[SiH](C)C(C)(C)C. The summed E-state index contributed by atoms with van der Waals surface area (Å²) in [4.78, 5) is 0. The van der Waals surface area contributed by atoms with Gasteiger partial charge in [-0.05, 0) is 18.5 Å². The molecule has 0 heterocycles. The largest absolute Gasteiger partial charge is 0.418 e. The molecule has 0 saturated heterocycles. The molecule has 0 aromatic heterocycles. The molecule has 2 N–H and O–H groups in total. The molecule has 3 heteroatoms. The molecule has 0 aliphatic carbocycles. The molecule has 0 amide bonds. The fraction of sp³-hybridized carbons (Fsp3) is 1.00. The van der Waals surface area contributed by atoms with Crippen LogP contribution in [-0.2, 0) is 4.43 Å². The van der Waals surface area contributed by atoms with E-state index in [2.05, 4.69) is 27.3 Å². The van der Waals surface area contributed by atoms with Crippen molar-refractivity contribution < 1.29 is 4.43 Å². The Morgan fingerprint density at radius 1 is 1.45 bits per heavy atom. The topological polar surface area (TPSA) is 35.2 Å². The standard InChI is InChI=1S/C8H21NOSi/c1-7(9)6-10-11(5)8(2,3)4/h7,11H,6,9H2,1-5H3/t7-,11?/m1/s1. The lowest BCUT2D eigenvalue weighted by molar-refractivity contribution is 0.285. The summed E-state index contributed by atoms with van der Waals surface area (Å²) in [6.45, 7) is 11.6. The van der Waals surface area contributed by atoms with Gasteiger partial charge in [0.1, 0.15) is 0 Å². The minimum absolute atomic E-state index is 0.173. The summed E-state index contributed by atoms with van der Waals surface area (Å²) in [6.07, 6.45) is 0. The molecule has 0 radical (unpaired) electrons. The maximum Gasteiger partial charge on any atom is 0.179 e. The van der Waals surface area contributed by atoms with E-state index in [1.165, 1.54) is 0 Å². The van der Waals surface area contributed by atoms with Crippen molar-refractivity contribution in [1.82, 2.24) is 0 Å². The van der Waals surface area contributed by atoms with Crippen molar-refractivity contribution in [3.05, 3.63) is 0 Å². The van der Waals surface area contributed by atoms with Gasteiger partial charge in [0.25, 0.3) is 0 Å². The summed E-state index contributed by atoms with van der Waals surface area (Å²) < 4.78 is 5.68. The highest BCUT2D eigenvalue weighted by Gasteiger charge is 2.22. The first-order valence-corrected chi connectivity index (χ1v) is 6.41. The fourth-order valence-corrected chi connectivity index (χ4v) is 1.64. The number of hydrogen-bond acceptors (Lipinski definition) is 2. The predicted octanol–water partition coefficient (Wildman–Crippen LogP) is 1.50. The van der Waals surface area contributed by atoms with Crippen molar-refractivity contribution in [2.45, 2.75) is 45.3 Å². The molecule has 0 spiro atoms. The Labute approximate surface area is 71.8 Å². The second-order valence-electron chi connectivity index (χ2n) is 4.32. The van der Waals surface area contributed by atoms with E-state index in [1.54, 1.807) is 0 Å². The third kappa shape index (κ3) is 5.41. The lowest BCUT2D eigenvalue weighted by Gasteiger charge is -2.26. The van der Waals surface area contributed by atoms with E-state index in [0.29, 0.717) is 11.6 Å². The van der Waals surface area contributed by atoms with Crippen molar-refractivity contribution >= 4 is 9.04 Å². The van der Waals surface area contributed by atoms with Gasteiger partial charge in [-0.3, -0.25) is 0 Å². The monoisotopic (exact) mass is 175 g/mol. The summed E-state index contributed by atoms with van der Waals surface area (Å²) >= 11 is 0. The van der Waals surface area contributed by atoms with E-state index in [0.717, 1.165) is 0 Å². The molecule has 2 nitrogen and oxygen atoms in total. The van der Waals surface area contributed by atoms with Crippen LogP contribution in [0, 0.1) is 0 Å². The van der Waals surface area contributed by atoms with Crippen LogP contribution in [-0.4, -0.2) is 21.7 Å². The molecule has 0 saturated carbocycles. The molecule has 2 atom stereocenters. The maximum absolute atomic E-state index is 5.68. The van der Waals surface area contributed by atoms with E-state index in [-0.39, 0.29) is 6.04 Å². The van der Waals surface area contributed by atoms with Gasteiger partial charge in [0.05, 0.1) is 0 Å². The van der Waals surface area contributed by atoms with Crippen molar-refractivity contribution in [2.75, 3.05) is 6.61 Å². The van der Waals surface area contributed by atoms with Gasteiger partial charge in [0.2, 0.25) is 0 Å². The molecular formula is C8H21NOSi. The molecule has 0 aliphatic heterocycles. The quantitative estimate of drug-likeness (QED) is 0.660. The van der Waals surface area contributed by atoms with Crippen molar-refractivity contribution in [3.8, 4) is 0 Å². The smallest absolute Gasteiger partial charge is 0.179 e. The van der Waals surface area contributed by atoms with E-state index in [4.69, 9.17) is 10.2 Å². The van der Waals surface area contributed by atoms with Gasteiger partial charge < -0.3 is 10.2 Å². The fourth-order valence-electron chi connectivity index (χ4n) is 0.546. The van der Waals surface area contributed by atoms with E-state index >= 15 is 0 Å². The minimum Gasteiger partial charge on any atom is -0.418 e. The molecule has 11 heavy (non-hydrogen) atoms. The van der Waals surface area contributed by atoms with Crippen LogP contribution in [0.15, 0.2) is 0 Å². The van der Waals surface area contributed by atoms with Crippen molar-refractivity contribution in [3.63, 3.8) is 0 Å². The average Bonchev–Trinajstić information content (AvgIpc) is 1.80. The first-order valence-electron chi connectivity index (χ1n) is 4.21. The van der Waals surface area contributed by atoms with Crippen molar-refractivity contribution in [2.24, 2.45) is 5.73 Å². The molecule has 0 rings (SSSR count). The molecule has 68 valence electrons. The highest BCUT2D eigenvalue weighted by atomic mass is 28.3. The van der Waals surface area contributed by atoms with E-state index in [1.807, 2.05) is 6.92 Å². The van der Waals surface area contributed by atoms with Crippen LogP contribution in [0.2, 0.25) is 11.6 Å². The zero-order valence-electron chi connectivity index (χ0n) is 8.35. The first kappa shape index (κ1) is 11.1. The lowest BCUT2D eigenvalue weighted by Crippen LogP contribution is -2.31. The van der Waals surface area contributed by atoms with Gasteiger partial charge in [0.15, 0.2) is 9.04 Å². The molecule has 1 unspecified atom stereocenters. The Kier molecular flexibility index (Phi) is 4.29. The highest BCUT2D eigenvalue weighted by Crippen LogP contribution is 2.26. The lowest BCUT2D eigenvalue weighted by atomic mass is 10.3. The molecule has 0 aromatic rings. The minimum atomic E-state index is -1.03. The van der Waals surface area contributed by atoms with E-state index < -0.39 is 9.04 Å². The highest BCUT2D eigenvalue weighted by molar-refractivity contribution is 6.53. The third-order valence-electron chi connectivity index (χ3n) is 1.83. The Morgan fingerprint density at radius 3 is 2.18 bits per heavy atom. The van der Waals surface area contributed by atoms with Crippen LogP contribution in [0.4, 0.5) is 0 Å². The van der Waals surface area contributed by atoms with Crippen LogP contribution in [0.25, 0.3) is 0 Å². The van der Waals surface area contributed by atoms with Gasteiger partial charge in [-0.1, -0.05) is 20.8 Å². The Balaban J connectivity index is 3.61. The Morgan fingerprint density at radius 2 is 1.91 bits per heavy atom. The molecule has 0 bridgehead atoms. The number of hydrogen-bond donors (Lipinski definition) is 1. The van der Waals surface area contributed by atoms with Crippen LogP contribution < -0.4 is 5.73 Å². The maximum atomic E-state index is 5.68. The van der Waals surface area contributed by atoms with Gasteiger partial charge in [-0.25, -0.2) is 0 Å². The number of rotatable bonds is 3. The Bertz CT molecular complexity index is 109. The second kappa shape index (κ2) is 4.23. The van der Waals surface area contributed by atoms with Crippen LogP contribution in [0.1, 0.15) is 27.7 Å². The predicted molar refractivity (Wildman–Crippen MR) is 52.3 cm³/mol. The molecule has 0 fully saturated rings. The zero-order chi connectivity index (χ0) is 9.07. The summed E-state index contributed by atoms with van der Waals surface area (Å²) in [5, 5.41) is 0.356. The molecule has 0 aromatic carbocycles. The summed E-state index contributed by atoms with van der Waals surface area (Å²) in [6, 6.07) is 0.173. The normalized spacial score (nSPS) is 18.0. The second-order valence-corrected chi connectivity index (χ2v) is 7.67. The Hall–Kier alpha value is 0.137.